The van der Waals surface area contributed by atoms with Crippen LogP contribution in [0.2, 0.25) is 0 Å². The average molecular weight is 294 g/mol. The zero-order valence-corrected chi connectivity index (χ0v) is 13.0. The molecule has 0 N–H and O–H groups in total. The van der Waals surface area contributed by atoms with Crippen molar-refractivity contribution in [3.8, 4) is 0 Å². The summed E-state index contributed by atoms with van der Waals surface area (Å²) in [6.45, 7) is 5.67. The molecular weight excluding hydrogens is 272 g/mol. The summed E-state index contributed by atoms with van der Waals surface area (Å²) in [7, 11) is 0. The summed E-state index contributed by atoms with van der Waals surface area (Å²) < 4.78 is 5.17. The summed E-state index contributed by atoms with van der Waals surface area (Å²) in [6, 6.07) is 0.566. The standard InChI is InChI=1S/C15H22N2O2S/c1-3-19-14(18)11-7-8-12-13(11)16-15(20-12)17-9-5-4-6-10(17)2/h10-11H,3-9H2,1-2H3. The number of anilines is 1. The third-order valence-electron chi connectivity index (χ3n) is 4.33. The van der Waals surface area contributed by atoms with Crippen LogP contribution in [-0.4, -0.2) is 30.1 Å². The molecule has 20 heavy (non-hydrogen) atoms. The van der Waals surface area contributed by atoms with Crippen molar-refractivity contribution in [2.45, 2.75) is 57.9 Å². The molecule has 2 unspecified atom stereocenters. The normalized spacial score (nSPS) is 25.6. The molecule has 2 atom stereocenters. The van der Waals surface area contributed by atoms with Gasteiger partial charge >= 0.3 is 5.97 Å². The van der Waals surface area contributed by atoms with Crippen LogP contribution >= 0.6 is 11.3 Å². The first-order chi connectivity index (χ1) is 9.70. The highest BCUT2D eigenvalue weighted by atomic mass is 32.1. The zero-order chi connectivity index (χ0) is 14.1. The molecule has 1 fully saturated rings. The molecule has 3 rings (SSSR count). The van der Waals surface area contributed by atoms with E-state index < -0.39 is 0 Å². The van der Waals surface area contributed by atoms with E-state index in [2.05, 4.69) is 11.8 Å². The zero-order valence-electron chi connectivity index (χ0n) is 12.2. The fourth-order valence-corrected chi connectivity index (χ4v) is 4.46. The summed E-state index contributed by atoms with van der Waals surface area (Å²) in [5.41, 5.74) is 0.987. The molecule has 4 nitrogen and oxygen atoms in total. The topological polar surface area (TPSA) is 42.4 Å². The second-order valence-electron chi connectivity index (χ2n) is 5.69. The van der Waals surface area contributed by atoms with Crippen molar-refractivity contribution in [1.82, 2.24) is 4.98 Å². The van der Waals surface area contributed by atoms with Gasteiger partial charge in [0.05, 0.1) is 12.3 Å². The minimum atomic E-state index is -0.130. The minimum absolute atomic E-state index is 0.102. The van der Waals surface area contributed by atoms with E-state index in [0.29, 0.717) is 12.6 Å². The molecule has 0 spiro atoms. The lowest BCUT2D eigenvalue weighted by Gasteiger charge is -2.33. The maximum absolute atomic E-state index is 12.0. The van der Waals surface area contributed by atoms with Crippen LogP contribution in [0.1, 0.15) is 56.0 Å². The maximum Gasteiger partial charge on any atom is 0.315 e. The van der Waals surface area contributed by atoms with Crippen LogP contribution < -0.4 is 4.90 Å². The van der Waals surface area contributed by atoms with Gasteiger partial charge in [-0.2, -0.15) is 0 Å². The fourth-order valence-electron chi connectivity index (χ4n) is 3.19. The van der Waals surface area contributed by atoms with Gasteiger partial charge in [0.1, 0.15) is 5.92 Å². The Labute approximate surface area is 124 Å². The number of hydrogen-bond donors (Lipinski definition) is 0. The molecule has 0 radical (unpaired) electrons. The quantitative estimate of drug-likeness (QED) is 0.803. The number of rotatable bonds is 3. The monoisotopic (exact) mass is 294 g/mol. The molecule has 5 heteroatoms. The number of piperidine rings is 1. The van der Waals surface area contributed by atoms with Crippen molar-refractivity contribution in [2.24, 2.45) is 0 Å². The Morgan fingerprint density at radius 3 is 3.05 bits per heavy atom. The molecule has 2 aliphatic rings. The highest BCUT2D eigenvalue weighted by Gasteiger charge is 2.35. The van der Waals surface area contributed by atoms with Crippen LogP contribution in [0.4, 0.5) is 5.13 Å². The summed E-state index contributed by atoms with van der Waals surface area (Å²) in [5.74, 6) is -0.232. The number of thiazole rings is 1. The van der Waals surface area contributed by atoms with Gasteiger partial charge in [0.15, 0.2) is 5.13 Å². The Balaban J connectivity index is 1.80. The predicted molar refractivity (Wildman–Crippen MR) is 80.5 cm³/mol. The highest BCUT2D eigenvalue weighted by Crippen LogP contribution is 2.41. The number of carbonyl (C=O) groups excluding carboxylic acids is 1. The van der Waals surface area contributed by atoms with Gasteiger partial charge in [-0.25, -0.2) is 4.98 Å². The van der Waals surface area contributed by atoms with E-state index in [-0.39, 0.29) is 11.9 Å². The third-order valence-corrected chi connectivity index (χ3v) is 5.49. The van der Waals surface area contributed by atoms with Crippen LogP contribution in [0.15, 0.2) is 0 Å². The van der Waals surface area contributed by atoms with Crippen LogP contribution in [0.25, 0.3) is 0 Å². The van der Waals surface area contributed by atoms with E-state index in [9.17, 15) is 4.79 Å². The molecule has 1 aliphatic carbocycles. The predicted octanol–water partition coefficient (Wildman–Crippen LogP) is 3.11. The number of esters is 1. The van der Waals surface area contributed by atoms with Crippen molar-refractivity contribution in [3.05, 3.63) is 10.6 Å². The lowest BCUT2D eigenvalue weighted by atomic mass is 10.0. The van der Waals surface area contributed by atoms with Gasteiger partial charge in [-0.15, -0.1) is 11.3 Å². The number of nitrogens with zero attached hydrogens (tertiary/aromatic N) is 2. The summed E-state index contributed by atoms with van der Waals surface area (Å²) >= 11 is 1.78. The smallest absolute Gasteiger partial charge is 0.315 e. The molecule has 1 aromatic heterocycles. The second-order valence-corrected chi connectivity index (χ2v) is 6.75. The van der Waals surface area contributed by atoms with Gasteiger partial charge in [-0.1, -0.05) is 0 Å². The van der Waals surface area contributed by atoms with Gasteiger partial charge in [0.2, 0.25) is 0 Å². The molecule has 1 saturated heterocycles. The van der Waals surface area contributed by atoms with Crippen LogP contribution in [0.3, 0.4) is 0 Å². The van der Waals surface area contributed by atoms with E-state index in [0.717, 1.165) is 30.2 Å². The van der Waals surface area contributed by atoms with Crippen LogP contribution in [-0.2, 0) is 16.0 Å². The van der Waals surface area contributed by atoms with Gasteiger partial charge in [0, 0.05) is 17.5 Å². The fraction of sp³-hybridized carbons (Fsp3) is 0.733. The molecule has 1 aromatic rings. The van der Waals surface area contributed by atoms with E-state index in [1.807, 2.05) is 6.92 Å². The molecule has 0 amide bonds. The minimum Gasteiger partial charge on any atom is -0.465 e. The largest absolute Gasteiger partial charge is 0.465 e. The van der Waals surface area contributed by atoms with Crippen LogP contribution in [0.5, 0.6) is 0 Å². The van der Waals surface area contributed by atoms with Crippen molar-refractivity contribution < 1.29 is 9.53 Å². The average Bonchev–Trinajstić information content (AvgIpc) is 2.99. The third kappa shape index (κ3) is 2.43. The molecule has 0 bridgehead atoms. The molecule has 110 valence electrons. The number of ether oxygens (including phenoxy) is 1. The Morgan fingerprint density at radius 1 is 1.45 bits per heavy atom. The molecule has 0 saturated carbocycles. The Bertz CT molecular complexity index is 500. The van der Waals surface area contributed by atoms with E-state index in [1.54, 1.807) is 11.3 Å². The van der Waals surface area contributed by atoms with Gasteiger partial charge in [0.25, 0.3) is 0 Å². The second kappa shape index (κ2) is 5.72. The lowest BCUT2D eigenvalue weighted by molar-refractivity contribution is -0.145. The number of aryl methyl sites for hydroxylation is 1. The maximum atomic E-state index is 12.0. The van der Waals surface area contributed by atoms with Crippen LogP contribution in [0, 0.1) is 0 Å². The number of hydrogen-bond acceptors (Lipinski definition) is 5. The molecule has 2 heterocycles. The Morgan fingerprint density at radius 2 is 2.30 bits per heavy atom. The Kier molecular flexibility index (Phi) is 3.96. The molecule has 0 aromatic carbocycles. The lowest BCUT2D eigenvalue weighted by Crippen LogP contribution is -2.37. The van der Waals surface area contributed by atoms with Gasteiger partial charge in [-0.3, -0.25) is 4.79 Å². The number of fused-ring (bicyclic) bond motifs is 1. The SMILES string of the molecule is CCOC(=O)C1CCc2sc(N3CCCCC3C)nc21. The molecular formula is C15H22N2O2S. The summed E-state index contributed by atoms with van der Waals surface area (Å²) in [6.07, 6.45) is 5.64. The first kappa shape index (κ1) is 13.9. The summed E-state index contributed by atoms with van der Waals surface area (Å²) in [5, 5.41) is 1.11. The van der Waals surface area contributed by atoms with Crippen molar-refractivity contribution in [1.29, 1.82) is 0 Å². The van der Waals surface area contributed by atoms with Gasteiger partial charge in [-0.05, 0) is 46.0 Å². The summed E-state index contributed by atoms with van der Waals surface area (Å²) in [4.78, 5) is 20.5. The van der Waals surface area contributed by atoms with E-state index >= 15 is 0 Å². The first-order valence-electron chi connectivity index (χ1n) is 7.63. The van der Waals surface area contributed by atoms with Crippen molar-refractivity contribution in [2.75, 3.05) is 18.1 Å². The van der Waals surface area contributed by atoms with E-state index in [1.165, 1.54) is 24.1 Å². The Hall–Kier alpha value is -1.10. The highest BCUT2D eigenvalue weighted by molar-refractivity contribution is 7.15. The number of aromatic nitrogens is 1. The first-order valence-corrected chi connectivity index (χ1v) is 8.45. The van der Waals surface area contributed by atoms with Gasteiger partial charge < -0.3 is 9.64 Å². The number of carbonyl (C=O) groups is 1. The van der Waals surface area contributed by atoms with E-state index in [4.69, 9.17) is 9.72 Å². The van der Waals surface area contributed by atoms with Crippen molar-refractivity contribution >= 4 is 22.4 Å². The molecule has 1 aliphatic heterocycles. The van der Waals surface area contributed by atoms with Crippen molar-refractivity contribution in [3.63, 3.8) is 0 Å².